The van der Waals surface area contributed by atoms with E-state index in [0.717, 1.165) is 45.6 Å². The van der Waals surface area contributed by atoms with Gasteiger partial charge in [-0.05, 0) is 44.4 Å². The summed E-state index contributed by atoms with van der Waals surface area (Å²) in [6.07, 6.45) is 2.31. The largest absolute Gasteiger partial charge is 0.390 e. The Morgan fingerprint density at radius 1 is 1.27 bits per heavy atom. The lowest BCUT2D eigenvalue weighted by Gasteiger charge is -2.17. The molecule has 0 radical (unpaired) electrons. The average Bonchev–Trinajstić information content (AvgIpc) is 2.92. The van der Waals surface area contributed by atoms with Gasteiger partial charge in [-0.2, -0.15) is 0 Å². The molecule has 1 aliphatic rings. The van der Waals surface area contributed by atoms with Gasteiger partial charge in [0.25, 0.3) is 0 Å². The van der Waals surface area contributed by atoms with Crippen LogP contribution in [0.25, 0.3) is 0 Å². The van der Waals surface area contributed by atoms with Crippen molar-refractivity contribution in [2.24, 2.45) is 0 Å². The SMILES string of the molecule is COC1CCN(Cc2ccc(CNCCC(C)(C)O)cc2)C1. The Balaban J connectivity index is 1.71. The number of rotatable bonds is 8. The van der Waals surface area contributed by atoms with Crippen LogP contribution in [-0.2, 0) is 17.8 Å². The summed E-state index contributed by atoms with van der Waals surface area (Å²) in [7, 11) is 1.80. The zero-order valence-corrected chi connectivity index (χ0v) is 14.1. The third-order valence-corrected chi connectivity index (χ3v) is 4.23. The standard InChI is InChI=1S/C18H30N2O2/c1-18(2,21)9-10-19-12-15-4-6-16(7-5-15)13-20-11-8-17(14-20)22-3/h4-7,17,19,21H,8-14H2,1-3H3. The Morgan fingerprint density at radius 2 is 1.95 bits per heavy atom. The lowest BCUT2D eigenvalue weighted by atomic mass is 10.1. The van der Waals surface area contributed by atoms with Crippen molar-refractivity contribution in [2.45, 2.75) is 51.5 Å². The van der Waals surface area contributed by atoms with E-state index in [1.54, 1.807) is 7.11 Å². The quantitative estimate of drug-likeness (QED) is 0.723. The maximum Gasteiger partial charge on any atom is 0.0710 e. The fourth-order valence-corrected chi connectivity index (χ4v) is 2.78. The van der Waals surface area contributed by atoms with Gasteiger partial charge >= 0.3 is 0 Å². The van der Waals surface area contributed by atoms with E-state index in [-0.39, 0.29) is 0 Å². The highest BCUT2D eigenvalue weighted by atomic mass is 16.5. The first-order valence-electron chi connectivity index (χ1n) is 8.22. The predicted molar refractivity (Wildman–Crippen MR) is 89.8 cm³/mol. The number of nitrogens with zero attached hydrogens (tertiary/aromatic N) is 1. The second-order valence-electron chi connectivity index (χ2n) is 6.94. The first kappa shape index (κ1) is 17.4. The van der Waals surface area contributed by atoms with Crippen LogP contribution in [0.4, 0.5) is 0 Å². The minimum atomic E-state index is -0.591. The molecule has 4 nitrogen and oxygen atoms in total. The summed E-state index contributed by atoms with van der Waals surface area (Å²) in [5.74, 6) is 0. The maximum absolute atomic E-state index is 9.67. The van der Waals surface area contributed by atoms with E-state index in [4.69, 9.17) is 4.74 Å². The molecule has 0 aromatic heterocycles. The first-order chi connectivity index (χ1) is 10.5. The maximum atomic E-state index is 9.67. The summed E-state index contributed by atoms with van der Waals surface area (Å²) in [6.45, 7) is 8.54. The Labute approximate surface area is 134 Å². The Bertz CT molecular complexity index is 439. The van der Waals surface area contributed by atoms with Crippen LogP contribution in [0.2, 0.25) is 0 Å². The summed E-state index contributed by atoms with van der Waals surface area (Å²) in [6, 6.07) is 8.81. The van der Waals surface area contributed by atoms with Crippen LogP contribution in [0, 0.1) is 0 Å². The van der Waals surface area contributed by atoms with Crippen LogP contribution in [0.5, 0.6) is 0 Å². The lowest BCUT2D eigenvalue weighted by molar-refractivity contribution is 0.0711. The number of nitrogens with one attached hydrogen (secondary N) is 1. The van der Waals surface area contributed by atoms with Gasteiger partial charge in [-0.15, -0.1) is 0 Å². The van der Waals surface area contributed by atoms with Gasteiger partial charge in [0.2, 0.25) is 0 Å². The van der Waals surface area contributed by atoms with Crippen molar-refractivity contribution in [2.75, 3.05) is 26.7 Å². The highest BCUT2D eigenvalue weighted by Crippen LogP contribution is 2.15. The van der Waals surface area contributed by atoms with Crippen molar-refractivity contribution in [3.05, 3.63) is 35.4 Å². The van der Waals surface area contributed by atoms with Crippen LogP contribution in [0.15, 0.2) is 24.3 Å². The summed E-state index contributed by atoms with van der Waals surface area (Å²) in [5.41, 5.74) is 2.06. The lowest BCUT2D eigenvalue weighted by Crippen LogP contribution is -2.26. The van der Waals surface area contributed by atoms with Crippen LogP contribution in [0.1, 0.15) is 37.8 Å². The fourth-order valence-electron chi connectivity index (χ4n) is 2.78. The second kappa shape index (κ2) is 8.06. The molecule has 0 aliphatic carbocycles. The smallest absolute Gasteiger partial charge is 0.0710 e. The van der Waals surface area contributed by atoms with E-state index in [9.17, 15) is 5.11 Å². The predicted octanol–water partition coefficient (Wildman–Crippen LogP) is 2.16. The molecule has 0 spiro atoms. The molecular formula is C18H30N2O2. The number of hydrogen-bond donors (Lipinski definition) is 2. The molecule has 0 amide bonds. The van der Waals surface area contributed by atoms with Gasteiger partial charge in [0.05, 0.1) is 11.7 Å². The highest BCUT2D eigenvalue weighted by Gasteiger charge is 2.21. The molecule has 1 aromatic carbocycles. The molecule has 2 rings (SSSR count). The van der Waals surface area contributed by atoms with Gasteiger partial charge in [0.1, 0.15) is 0 Å². The number of likely N-dealkylation sites (tertiary alicyclic amines) is 1. The van der Waals surface area contributed by atoms with Crippen molar-refractivity contribution in [1.29, 1.82) is 0 Å². The van der Waals surface area contributed by atoms with Crippen LogP contribution in [-0.4, -0.2) is 48.5 Å². The van der Waals surface area contributed by atoms with Gasteiger partial charge in [0, 0.05) is 33.3 Å². The molecule has 1 saturated heterocycles. The first-order valence-corrected chi connectivity index (χ1v) is 8.22. The summed E-state index contributed by atoms with van der Waals surface area (Å²) < 4.78 is 5.41. The van der Waals surface area contributed by atoms with Gasteiger partial charge in [-0.25, -0.2) is 0 Å². The normalized spacial score (nSPS) is 19.7. The van der Waals surface area contributed by atoms with Crippen LogP contribution in [0.3, 0.4) is 0 Å². The molecular weight excluding hydrogens is 276 g/mol. The number of aliphatic hydroxyl groups is 1. The van der Waals surface area contributed by atoms with Crippen molar-refractivity contribution in [1.82, 2.24) is 10.2 Å². The van der Waals surface area contributed by atoms with Crippen LogP contribution < -0.4 is 5.32 Å². The van der Waals surface area contributed by atoms with E-state index in [0.29, 0.717) is 6.10 Å². The minimum Gasteiger partial charge on any atom is -0.390 e. The van der Waals surface area contributed by atoms with Crippen molar-refractivity contribution in [3.8, 4) is 0 Å². The summed E-state index contributed by atoms with van der Waals surface area (Å²) in [5, 5.41) is 13.0. The number of hydrogen-bond acceptors (Lipinski definition) is 4. The monoisotopic (exact) mass is 306 g/mol. The highest BCUT2D eigenvalue weighted by molar-refractivity contribution is 5.22. The molecule has 1 unspecified atom stereocenters. The minimum absolute atomic E-state index is 0.402. The number of methoxy groups -OCH3 is 1. The molecule has 124 valence electrons. The molecule has 1 aliphatic heterocycles. The zero-order valence-electron chi connectivity index (χ0n) is 14.1. The van der Waals surface area contributed by atoms with E-state index in [2.05, 4.69) is 34.5 Å². The van der Waals surface area contributed by atoms with Gasteiger partial charge in [0.15, 0.2) is 0 Å². The summed E-state index contributed by atoms with van der Waals surface area (Å²) in [4.78, 5) is 2.45. The Kier molecular flexibility index (Phi) is 6.38. The van der Waals surface area contributed by atoms with Crippen molar-refractivity contribution in [3.63, 3.8) is 0 Å². The Hall–Kier alpha value is -0.940. The zero-order chi connectivity index (χ0) is 16.0. The summed E-state index contributed by atoms with van der Waals surface area (Å²) >= 11 is 0. The third-order valence-electron chi connectivity index (χ3n) is 4.23. The number of ether oxygens (including phenoxy) is 1. The average molecular weight is 306 g/mol. The molecule has 1 aromatic rings. The molecule has 0 saturated carbocycles. The molecule has 2 N–H and O–H groups in total. The molecule has 1 heterocycles. The molecule has 0 bridgehead atoms. The van der Waals surface area contributed by atoms with Crippen molar-refractivity contribution >= 4 is 0 Å². The van der Waals surface area contributed by atoms with E-state index in [1.807, 2.05) is 13.8 Å². The van der Waals surface area contributed by atoms with E-state index >= 15 is 0 Å². The second-order valence-corrected chi connectivity index (χ2v) is 6.94. The molecule has 1 atom stereocenters. The molecule has 22 heavy (non-hydrogen) atoms. The van der Waals surface area contributed by atoms with Gasteiger partial charge < -0.3 is 15.2 Å². The Morgan fingerprint density at radius 3 is 2.55 bits per heavy atom. The van der Waals surface area contributed by atoms with Gasteiger partial charge in [-0.1, -0.05) is 24.3 Å². The van der Waals surface area contributed by atoms with Crippen molar-refractivity contribution < 1.29 is 9.84 Å². The fraction of sp³-hybridized carbons (Fsp3) is 0.667. The van der Waals surface area contributed by atoms with E-state index in [1.165, 1.54) is 11.1 Å². The molecule has 4 heteroatoms. The topological polar surface area (TPSA) is 44.7 Å². The third kappa shape index (κ3) is 6.05. The van der Waals surface area contributed by atoms with E-state index < -0.39 is 5.60 Å². The number of benzene rings is 1. The van der Waals surface area contributed by atoms with Gasteiger partial charge in [-0.3, -0.25) is 4.90 Å². The molecule has 1 fully saturated rings. The van der Waals surface area contributed by atoms with Crippen LogP contribution >= 0.6 is 0 Å².